The molecular weight excluding hydrogens is 408 g/mol. The molecule has 0 aliphatic heterocycles. The number of carbonyl (C=O) groups excluding carboxylic acids is 1. The molecule has 0 spiro atoms. The molecule has 0 atom stereocenters. The Morgan fingerprint density at radius 3 is 1.37 bits per heavy atom. The third-order valence-electron chi connectivity index (χ3n) is 4.58. The Morgan fingerprint density at radius 2 is 1.13 bits per heavy atom. The smallest absolute Gasteiger partial charge is 0.280 e. The maximum absolute atomic E-state index is 12.2. The lowest BCUT2D eigenvalue weighted by Crippen LogP contribution is -2.47. The zero-order chi connectivity index (χ0) is 22.8. The summed E-state index contributed by atoms with van der Waals surface area (Å²) in [5.41, 5.74) is -7.03. The van der Waals surface area contributed by atoms with Gasteiger partial charge in [-0.3, -0.25) is 40.5 Å². The van der Waals surface area contributed by atoms with Crippen molar-refractivity contribution in [1.82, 2.24) is 0 Å². The van der Waals surface area contributed by atoms with Crippen LogP contribution in [0.3, 0.4) is 0 Å². The highest BCUT2D eigenvalue weighted by Crippen LogP contribution is 2.45. The highest BCUT2D eigenvalue weighted by atomic mass is 16.6. The van der Waals surface area contributed by atoms with Crippen molar-refractivity contribution < 1.29 is 29.6 Å². The number of carboxylic acid groups (broad SMARTS) is 1. The van der Waals surface area contributed by atoms with Crippen LogP contribution in [0.15, 0.2) is 36.4 Å². The fourth-order valence-corrected chi connectivity index (χ4v) is 3.18. The highest BCUT2D eigenvalue weighted by molar-refractivity contribution is 5.88. The largest absolute Gasteiger partial charge is 0.549 e. The molecule has 0 aromatic heterocycles. The molecule has 14 heteroatoms. The molecule has 0 aliphatic rings. The molecule has 2 rings (SSSR count). The summed E-state index contributed by atoms with van der Waals surface area (Å²) in [5.74, 6) is -1.96. The van der Waals surface area contributed by atoms with Crippen LogP contribution in [0.4, 0.5) is 22.7 Å². The fraction of sp³-hybridized carbons (Fsp3) is 0.188. The number of aliphatic carboxylic acids is 1. The van der Waals surface area contributed by atoms with Gasteiger partial charge in [0.15, 0.2) is 0 Å². The topological polar surface area (TPSA) is 213 Å². The molecule has 0 heterocycles. The van der Waals surface area contributed by atoms with E-state index in [1.54, 1.807) is 0 Å². The maximum atomic E-state index is 12.2. The van der Waals surface area contributed by atoms with Gasteiger partial charge in [0, 0.05) is 23.3 Å². The summed E-state index contributed by atoms with van der Waals surface area (Å²) in [6.07, 6.45) is -0.493. The van der Waals surface area contributed by atoms with E-state index in [-0.39, 0.29) is 0 Å². The van der Waals surface area contributed by atoms with Crippen molar-refractivity contribution in [2.24, 2.45) is 0 Å². The van der Waals surface area contributed by atoms with Crippen molar-refractivity contribution in [2.45, 2.75) is 18.8 Å². The number of hydrogen-bond acceptors (Lipinski definition) is 10. The minimum absolute atomic E-state index is 0.493. The van der Waals surface area contributed by atoms with E-state index in [1.807, 2.05) is 0 Å². The van der Waals surface area contributed by atoms with Gasteiger partial charge in [-0.1, -0.05) is 6.92 Å². The monoisotopic (exact) mass is 419 g/mol. The van der Waals surface area contributed by atoms with Crippen LogP contribution in [0.2, 0.25) is 0 Å². The molecule has 0 fully saturated rings. The van der Waals surface area contributed by atoms with E-state index >= 15 is 0 Å². The van der Waals surface area contributed by atoms with Crippen molar-refractivity contribution in [2.75, 3.05) is 0 Å². The number of carboxylic acids is 1. The maximum Gasteiger partial charge on any atom is 0.280 e. The molecular formula is C16H11N4O10-. The number of carbonyl (C=O) groups is 1. The molecule has 156 valence electrons. The van der Waals surface area contributed by atoms with Gasteiger partial charge < -0.3 is 9.90 Å². The van der Waals surface area contributed by atoms with Crippen molar-refractivity contribution in [3.63, 3.8) is 0 Å². The Morgan fingerprint density at radius 1 is 0.767 bits per heavy atom. The van der Waals surface area contributed by atoms with Gasteiger partial charge >= 0.3 is 0 Å². The molecule has 0 saturated carbocycles. The van der Waals surface area contributed by atoms with Crippen LogP contribution in [-0.4, -0.2) is 25.7 Å². The van der Waals surface area contributed by atoms with Gasteiger partial charge in [-0.15, -0.1) is 0 Å². The van der Waals surface area contributed by atoms with Crippen LogP contribution in [0.1, 0.15) is 24.5 Å². The van der Waals surface area contributed by atoms with Gasteiger partial charge in [0.25, 0.3) is 22.7 Å². The van der Waals surface area contributed by atoms with Crippen molar-refractivity contribution in [1.29, 1.82) is 0 Å². The lowest BCUT2D eigenvalue weighted by atomic mass is 9.71. The first-order valence-corrected chi connectivity index (χ1v) is 8.05. The Labute approximate surface area is 166 Å². The van der Waals surface area contributed by atoms with Gasteiger partial charge in [-0.2, -0.15) is 0 Å². The molecule has 2 aromatic carbocycles. The minimum atomic E-state index is -2.49. The van der Waals surface area contributed by atoms with Crippen LogP contribution in [-0.2, 0) is 10.2 Å². The van der Waals surface area contributed by atoms with Gasteiger partial charge in [0.05, 0.1) is 43.2 Å². The SMILES string of the molecule is CCC(C(=O)[O-])(c1ccc([N+](=O)[O-])cc1[N+](=O)[O-])c1ccc([N+](=O)[O-])cc1[N+](=O)[O-]. The third kappa shape index (κ3) is 3.48. The fourth-order valence-electron chi connectivity index (χ4n) is 3.18. The minimum Gasteiger partial charge on any atom is -0.549 e. The number of hydrogen-bond donors (Lipinski definition) is 0. The van der Waals surface area contributed by atoms with Crippen LogP contribution in [0.25, 0.3) is 0 Å². The highest BCUT2D eigenvalue weighted by Gasteiger charge is 2.45. The molecule has 0 N–H and O–H groups in total. The van der Waals surface area contributed by atoms with Crippen LogP contribution in [0.5, 0.6) is 0 Å². The van der Waals surface area contributed by atoms with E-state index in [4.69, 9.17) is 0 Å². The normalized spacial score (nSPS) is 11.0. The first-order chi connectivity index (χ1) is 14.0. The van der Waals surface area contributed by atoms with E-state index in [1.165, 1.54) is 6.92 Å². The Hall–Kier alpha value is -4.49. The van der Waals surface area contributed by atoms with Gasteiger partial charge in [-0.25, -0.2) is 0 Å². The molecule has 14 nitrogen and oxygen atoms in total. The van der Waals surface area contributed by atoms with E-state index < -0.39 is 71.4 Å². The molecule has 30 heavy (non-hydrogen) atoms. The van der Waals surface area contributed by atoms with Gasteiger partial charge in [0.2, 0.25) is 0 Å². The summed E-state index contributed by atoms with van der Waals surface area (Å²) in [4.78, 5) is 53.2. The predicted molar refractivity (Wildman–Crippen MR) is 95.6 cm³/mol. The molecule has 0 unspecified atom stereocenters. The van der Waals surface area contributed by atoms with Crippen LogP contribution < -0.4 is 5.11 Å². The van der Waals surface area contributed by atoms with Gasteiger partial charge in [0.1, 0.15) is 0 Å². The molecule has 0 aliphatic carbocycles. The number of nitrogens with zero attached hydrogens (tertiary/aromatic N) is 4. The van der Waals surface area contributed by atoms with E-state index in [9.17, 15) is 50.4 Å². The van der Waals surface area contributed by atoms with E-state index in [2.05, 4.69) is 0 Å². The summed E-state index contributed by atoms with van der Waals surface area (Å²) in [5, 5.41) is 57.2. The van der Waals surface area contributed by atoms with Crippen molar-refractivity contribution >= 4 is 28.7 Å². The zero-order valence-corrected chi connectivity index (χ0v) is 15.0. The van der Waals surface area contributed by atoms with Gasteiger partial charge in [-0.05, 0) is 18.6 Å². The Bertz CT molecular complexity index is 1020. The molecule has 2 aromatic rings. The Balaban J connectivity index is 2.99. The first-order valence-electron chi connectivity index (χ1n) is 8.05. The number of nitro benzene ring substituents is 4. The van der Waals surface area contributed by atoms with E-state index in [0.29, 0.717) is 12.1 Å². The quantitative estimate of drug-likeness (QED) is 0.446. The molecule has 0 amide bonds. The number of nitro groups is 4. The molecule has 0 saturated heterocycles. The summed E-state index contributed by atoms with van der Waals surface area (Å²) in [7, 11) is 0. The average molecular weight is 419 g/mol. The van der Waals surface area contributed by atoms with Crippen molar-refractivity contribution in [3.8, 4) is 0 Å². The second-order valence-electron chi connectivity index (χ2n) is 5.98. The van der Waals surface area contributed by atoms with Crippen LogP contribution in [0, 0.1) is 40.5 Å². The third-order valence-corrected chi connectivity index (χ3v) is 4.58. The summed E-state index contributed by atoms with van der Waals surface area (Å²) < 4.78 is 0. The van der Waals surface area contributed by atoms with Crippen molar-refractivity contribution in [3.05, 3.63) is 88.0 Å². The number of benzene rings is 2. The van der Waals surface area contributed by atoms with E-state index in [0.717, 1.165) is 24.3 Å². The first kappa shape index (κ1) is 21.8. The Kier molecular flexibility index (Phi) is 5.71. The zero-order valence-electron chi connectivity index (χ0n) is 15.0. The summed E-state index contributed by atoms with van der Waals surface area (Å²) in [6, 6.07) is 4.29. The number of non-ortho nitro benzene ring substituents is 2. The molecule has 0 radical (unpaired) electrons. The average Bonchev–Trinajstić information content (AvgIpc) is 2.68. The summed E-state index contributed by atoms with van der Waals surface area (Å²) >= 11 is 0. The summed E-state index contributed by atoms with van der Waals surface area (Å²) in [6.45, 7) is 1.26. The lowest BCUT2D eigenvalue weighted by molar-refractivity contribution is -0.396. The predicted octanol–water partition coefficient (Wildman–Crippen LogP) is 1.77. The standard InChI is InChI=1S/C16H12N4O10/c1-2-16(15(21)22,11-5-3-9(17(23)24)7-13(11)19(27)28)12-6-4-10(18(25)26)8-14(12)20(29)30/h3-8H,2H2,1H3,(H,21,22)/p-1. The second kappa shape index (κ2) is 7.86. The number of rotatable bonds is 8. The lowest BCUT2D eigenvalue weighted by Gasteiger charge is -2.34. The second-order valence-corrected chi connectivity index (χ2v) is 5.98. The van der Waals surface area contributed by atoms with Crippen LogP contribution >= 0.6 is 0 Å². The molecule has 0 bridgehead atoms.